The summed E-state index contributed by atoms with van der Waals surface area (Å²) in [7, 11) is 0. The van der Waals surface area contributed by atoms with Crippen molar-refractivity contribution in [3.05, 3.63) is 28.5 Å². The number of halogens is 3. The number of amides is 1. The topological polar surface area (TPSA) is 41.1 Å². The van der Waals surface area contributed by atoms with E-state index in [0.717, 1.165) is 17.4 Å². The molecule has 1 fully saturated rings. The minimum absolute atomic E-state index is 0. The molecule has 0 aliphatic carbocycles. The highest BCUT2D eigenvalue weighted by Gasteiger charge is 2.36. The van der Waals surface area contributed by atoms with Crippen LogP contribution in [0.25, 0.3) is 0 Å². The molecule has 6 heteroatoms. The summed E-state index contributed by atoms with van der Waals surface area (Å²) in [6.45, 7) is 3.34. The standard InChI is InChI=1S/C12H14BrFN2O.ClH/c1-12(4-5-15-7-12)11(17)16-10-6-8(13)2-3-9(10)14;/h2-3,6,15H,4-5,7H2,1H3,(H,16,17);1H. The highest BCUT2D eigenvalue weighted by molar-refractivity contribution is 9.10. The molecule has 0 spiro atoms. The van der Waals surface area contributed by atoms with Gasteiger partial charge in [-0.25, -0.2) is 4.39 Å². The Balaban J connectivity index is 0.00000162. The van der Waals surface area contributed by atoms with Crippen molar-refractivity contribution in [2.45, 2.75) is 13.3 Å². The molecular weight excluding hydrogens is 322 g/mol. The lowest BCUT2D eigenvalue weighted by Gasteiger charge is -2.21. The van der Waals surface area contributed by atoms with Crippen LogP contribution in [0.1, 0.15) is 13.3 Å². The van der Waals surface area contributed by atoms with E-state index in [2.05, 4.69) is 26.6 Å². The SMILES string of the molecule is CC1(C(=O)Nc2cc(Br)ccc2F)CCNC1.Cl. The Labute approximate surface area is 120 Å². The maximum absolute atomic E-state index is 13.5. The van der Waals surface area contributed by atoms with Crippen LogP contribution in [0.5, 0.6) is 0 Å². The first-order valence-corrected chi connectivity index (χ1v) is 6.28. The number of rotatable bonds is 2. The second kappa shape index (κ2) is 5.99. The van der Waals surface area contributed by atoms with E-state index in [-0.39, 0.29) is 24.0 Å². The van der Waals surface area contributed by atoms with E-state index in [9.17, 15) is 9.18 Å². The fraction of sp³-hybridized carbons (Fsp3) is 0.417. The predicted octanol–water partition coefficient (Wildman–Crippen LogP) is 2.95. The van der Waals surface area contributed by atoms with Crippen LogP contribution < -0.4 is 10.6 Å². The number of carbonyl (C=O) groups excluding carboxylic acids is 1. The summed E-state index contributed by atoms with van der Waals surface area (Å²) in [5.41, 5.74) is -0.230. The van der Waals surface area contributed by atoms with Crippen molar-refractivity contribution in [1.29, 1.82) is 0 Å². The molecule has 0 saturated carbocycles. The minimum atomic E-state index is -0.450. The average molecular weight is 338 g/mol. The van der Waals surface area contributed by atoms with Gasteiger partial charge >= 0.3 is 0 Å². The maximum atomic E-state index is 13.5. The highest BCUT2D eigenvalue weighted by Crippen LogP contribution is 2.28. The lowest BCUT2D eigenvalue weighted by molar-refractivity contribution is -0.123. The van der Waals surface area contributed by atoms with E-state index in [0.29, 0.717) is 6.54 Å². The van der Waals surface area contributed by atoms with E-state index < -0.39 is 11.2 Å². The fourth-order valence-corrected chi connectivity index (χ4v) is 2.24. The molecule has 1 aromatic carbocycles. The molecule has 2 N–H and O–H groups in total. The van der Waals surface area contributed by atoms with E-state index >= 15 is 0 Å². The summed E-state index contributed by atoms with van der Waals surface area (Å²) in [6.07, 6.45) is 0.772. The number of hydrogen-bond acceptors (Lipinski definition) is 2. The Morgan fingerprint density at radius 3 is 2.89 bits per heavy atom. The van der Waals surface area contributed by atoms with Crippen LogP contribution in [0.2, 0.25) is 0 Å². The predicted molar refractivity (Wildman–Crippen MR) is 75.6 cm³/mol. The zero-order valence-corrected chi connectivity index (χ0v) is 12.3. The molecule has 1 amide bonds. The quantitative estimate of drug-likeness (QED) is 0.871. The van der Waals surface area contributed by atoms with E-state index in [1.807, 2.05) is 6.92 Å². The molecule has 0 bridgehead atoms. The van der Waals surface area contributed by atoms with Crippen molar-refractivity contribution >= 4 is 39.9 Å². The summed E-state index contributed by atoms with van der Waals surface area (Å²) in [5.74, 6) is -0.560. The van der Waals surface area contributed by atoms with Crippen LogP contribution >= 0.6 is 28.3 Å². The molecule has 1 aliphatic rings. The third kappa shape index (κ3) is 3.22. The minimum Gasteiger partial charge on any atom is -0.323 e. The smallest absolute Gasteiger partial charge is 0.231 e. The van der Waals surface area contributed by atoms with E-state index in [1.54, 1.807) is 12.1 Å². The van der Waals surface area contributed by atoms with E-state index in [4.69, 9.17) is 0 Å². The summed E-state index contributed by atoms with van der Waals surface area (Å²) in [4.78, 5) is 12.1. The normalized spacial score (nSPS) is 22.4. The average Bonchev–Trinajstić information content (AvgIpc) is 2.72. The van der Waals surface area contributed by atoms with Gasteiger partial charge in [-0.05, 0) is 38.1 Å². The van der Waals surface area contributed by atoms with Crippen LogP contribution in [0.3, 0.4) is 0 Å². The van der Waals surface area contributed by atoms with Crippen molar-refractivity contribution in [2.24, 2.45) is 5.41 Å². The van der Waals surface area contributed by atoms with Gasteiger partial charge in [0.15, 0.2) is 0 Å². The van der Waals surface area contributed by atoms with Gasteiger partial charge in [0.2, 0.25) is 5.91 Å². The zero-order valence-electron chi connectivity index (χ0n) is 9.93. The van der Waals surface area contributed by atoms with Crippen LogP contribution in [0.4, 0.5) is 10.1 Å². The second-order valence-corrected chi connectivity index (χ2v) is 5.48. The number of anilines is 1. The second-order valence-electron chi connectivity index (χ2n) is 4.57. The molecule has 1 aliphatic heterocycles. The molecule has 1 saturated heterocycles. The first-order valence-electron chi connectivity index (χ1n) is 5.48. The molecule has 100 valence electrons. The van der Waals surface area contributed by atoms with Gasteiger partial charge in [0.05, 0.1) is 11.1 Å². The first kappa shape index (κ1) is 15.4. The number of nitrogens with one attached hydrogen (secondary N) is 2. The van der Waals surface area contributed by atoms with Crippen LogP contribution in [-0.2, 0) is 4.79 Å². The fourth-order valence-electron chi connectivity index (χ4n) is 1.88. The number of benzene rings is 1. The van der Waals surface area contributed by atoms with Crippen LogP contribution in [-0.4, -0.2) is 19.0 Å². The summed E-state index contributed by atoms with van der Waals surface area (Å²) in [5, 5.41) is 5.79. The van der Waals surface area contributed by atoms with Crippen molar-refractivity contribution in [3.63, 3.8) is 0 Å². The molecule has 3 nitrogen and oxygen atoms in total. The van der Waals surface area contributed by atoms with E-state index in [1.165, 1.54) is 6.07 Å². The Bertz CT molecular complexity index is 450. The number of carbonyl (C=O) groups is 1. The lowest BCUT2D eigenvalue weighted by Crippen LogP contribution is -2.35. The Kier molecular flexibility index (Phi) is 5.13. The molecule has 1 aromatic rings. The molecule has 18 heavy (non-hydrogen) atoms. The Morgan fingerprint density at radius 1 is 1.56 bits per heavy atom. The van der Waals surface area contributed by atoms with Crippen molar-refractivity contribution in [3.8, 4) is 0 Å². The largest absolute Gasteiger partial charge is 0.323 e. The van der Waals surface area contributed by atoms with Gasteiger partial charge in [0.25, 0.3) is 0 Å². The molecule has 0 radical (unpaired) electrons. The van der Waals surface area contributed by atoms with Crippen molar-refractivity contribution in [1.82, 2.24) is 5.32 Å². The third-order valence-electron chi connectivity index (χ3n) is 3.09. The van der Waals surface area contributed by atoms with Crippen LogP contribution in [0, 0.1) is 11.2 Å². The third-order valence-corrected chi connectivity index (χ3v) is 3.59. The monoisotopic (exact) mass is 336 g/mol. The van der Waals surface area contributed by atoms with Gasteiger partial charge in [-0.2, -0.15) is 0 Å². The summed E-state index contributed by atoms with van der Waals surface area (Å²) >= 11 is 3.25. The Hall–Kier alpha value is -0.650. The van der Waals surface area contributed by atoms with Gasteiger partial charge in [0, 0.05) is 11.0 Å². The summed E-state index contributed by atoms with van der Waals surface area (Å²) in [6, 6.07) is 4.50. The highest BCUT2D eigenvalue weighted by atomic mass is 79.9. The Morgan fingerprint density at radius 2 is 2.28 bits per heavy atom. The van der Waals surface area contributed by atoms with Gasteiger partial charge in [-0.3, -0.25) is 4.79 Å². The van der Waals surface area contributed by atoms with Gasteiger partial charge in [0.1, 0.15) is 5.82 Å². The van der Waals surface area contributed by atoms with Gasteiger partial charge in [-0.1, -0.05) is 15.9 Å². The summed E-state index contributed by atoms with van der Waals surface area (Å²) < 4.78 is 14.2. The lowest BCUT2D eigenvalue weighted by atomic mass is 9.89. The van der Waals surface area contributed by atoms with Crippen molar-refractivity contribution < 1.29 is 9.18 Å². The first-order chi connectivity index (χ1) is 8.01. The molecule has 1 heterocycles. The maximum Gasteiger partial charge on any atom is 0.231 e. The molecule has 1 atom stereocenters. The van der Waals surface area contributed by atoms with Crippen LogP contribution in [0.15, 0.2) is 22.7 Å². The molecule has 0 aromatic heterocycles. The molecule has 1 unspecified atom stereocenters. The van der Waals surface area contributed by atoms with Gasteiger partial charge < -0.3 is 10.6 Å². The molecular formula is C12H15BrClFN2O. The van der Waals surface area contributed by atoms with Crippen molar-refractivity contribution in [2.75, 3.05) is 18.4 Å². The zero-order chi connectivity index (χ0) is 12.5. The molecule has 2 rings (SSSR count). The number of hydrogen-bond donors (Lipinski definition) is 2. The van der Waals surface area contributed by atoms with Gasteiger partial charge in [-0.15, -0.1) is 12.4 Å².